The summed E-state index contributed by atoms with van der Waals surface area (Å²) in [7, 11) is 1.50. The second-order valence-electron chi connectivity index (χ2n) is 5.35. The van der Waals surface area contributed by atoms with Gasteiger partial charge in [-0.25, -0.2) is 4.79 Å². The van der Waals surface area contributed by atoms with E-state index in [0.717, 1.165) is 0 Å². The van der Waals surface area contributed by atoms with Crippen LogP contribution in [0.2, 0.25) is 0 Å². The summed E-state index contributed by atoms with van der Waals surface area (Å²) in [6.07, 6.45) is -0.651. The van der Waals surface area contributed by atoms with Crippen LogP contribution in [0.4, 0.5) is 0 Å². The number of carbonyl (C=O) groups is 1. The predicted octanol–water partition coefficient (Wildman–Crippen LogP) is 1.47. The molecule has 0 aliphatic heterocycles. The molecular formula is C17H31N3O8. The highest BCUT2D eigenvalue weighted by Gasteiger charge is 2.05. The van der Waals surface area contributed by atoms with Crippen LogP contribution in [0.5, 0.6) is 0 Å². The Hall–Kier alpha value is -1.72. The van der Waals surface area contributed by atoms with E-state index in [1.165, 1.54) is 7.11 Å². The van der Waals surface area contributed by atoms with Crippen LogP contribution in [0, 0.1) is 0 Å². The van der Waals surface area contributed by atoms with Gasteiger partial charge in [0, 0.05) is 17.6 Å². The SMILES string of the molecule is C=C(C)C(=O)OCCOCCOCCOCCOCCOC(COC)N=[N+]=[N-]. The fourth-order valence-electron chi connectivity index (χ4n) is 1.64. The van der Waals surface area contributed by atoms with Crippen molar-refractivity contribution in [1.82, 2.24) is 0 Å². The Morgan fingerprint density at radius 2 is 1.39 bits per heavy atom. The van der Waals surface area contributed by atoms with Crippen molar-refractivity contribution in [1.29, 1.82) is 0 Å². The second-order valence-corrected chi connectivity index (χ2v) is 5.35. The summed E-state index contributed by atoms with van der Waals surface area (Å²) >= 11 is 0. The van der Waals surface area contributed by atoms with Gasteiger partial charge in [-0.2, -0.15) is 0 Å². The topological polar surface area (TPSA) is 130 Å². The molecule has 1 atom stereocenters. The number of hydrogen-bond acceptors (Lipinski definition) is 9. The molecule has 0 aromatic heterocycles. The fraction of sp³-hybridized carbons (Fsp3) is 0.824. The second kappa shape index (κ2) is 20.0. The first-order chi connectivity index (χ1) is 13.6. The molecule has 0 aromatic rings. The van der Waals surface area contributed by atoms with E-state index in [0.29, 0.717) is 65.0 Å². The normalized spacial score (nSPS) is 11.6. The van der Waals surface area contributed by atoms with E-state index in [1.54, 1.807) is 6.92 Å². The molecule has 0 saturated carbocycles. The molecule has 0 saturated heterocycles. The van der Waals surface area contributed by atoms with Gasteiger partial charge >= 0.3 is 5.97 Å². The van der Waals surface area contributed by atoms with Crippen LogP contribution < -0.4 is 0 Å². The zero-order valence-corrected chi connectivity index (χ0v) is 16.7. The number of azide groups is 1. The molecule has 0 spiro atoms. The van der Waals surface area contributed by atoms with Crippen molar-refractivity contribution < 1.29 is 38.0 Å². The molecule has 0 aliphatic rings. The predicted molar refractivity (Wildman–Crippen MR) is 99.8 cm³/mol. The Morgan fingerprint density at radius 3 is 1.82 bits per heavy atom. The molecule has 0 aliphatic carbocycles. The maximum Gasteiger partial charge on any atom is 0.333 e. The van der Waals surface area contributed by atoms with Crippen molar-refractivity contribution in [3.8, 4) is 0 Å². The first-order valence-corrected chi connectivity index (χ1v) is 8.90. The highest BCUT2D eigenvalue weighted by atomic mass is 16.6. The van der Waals surface area contributed by atoms with Crippen molar-refractivity contribution in [3.63, 3.8) is 0 Å². The molecular weight excluding hydrogens is 374 g/mol. The lowest BCUT2D eigenvalue weighted by Gasteiger charge is -2.11. The highest BCUT2D eigenvalue weighted by molar-refractivity contribution is 5.86. The van der Waals surface area contributed by atoms with Gasteiger partial charge in [0.2, 0.25) is 0 Å². The molecule has 162 valence electrons. The van der Waals surface area contributed by atoms with E-state index >= 15 is 0 Å². The number of carbonyl (C=O) groups excluding carboxylic acids is 1. The van der Waals surface area contributed by atoms with Gasteiger partial charge < -0.3 is 33.2 Å². The van der Waals surface area contributed by atoms with Crippen molar-refractivity contribution in [2.45, 2.75) is 13.2 Å². The van der Waals surface area contributed by atoms with Crippen LogP contribution in [0.15, 0.2) is 17.3 Å². The number of methoxy groups -OCH3 is 1. The van der Waals surface area contributed by atoms with E-state index in [1.807, 2.05) is 0 Å². The Kier molecular flexibility index (Phi) is 18.8. The zero-order chi connectivity index (χ0) is 20.9. The van der Waals surface area contributed by atoms with Gasteiger partial charge in [-0.15, -0.1) is 0 Å². The number of hydrogen-bond donors (Lipinski definition) is 0. The van der Waals surface area contributed by atoms with Crippen molar-refractivity contribution in [3.05, 3.63) is 22.6 Å². The van der Waals surface area contributed by atoms with E-state index in [4.69, 9.17) is 38.7 Å². The summed E-state index contributed by atoms with van der Waals surface area (Å²) in [6.45, 7) is 9.02. The van der Waals surface area contributed by atoms with Crippen molar-refractivity contribution in [2.24, 2.45) is 5.11 Å². The third kappa shape index (κ3) is 17.7. The Labute approximate surface area is 165 Å². The monoisotopic (exact) mass is 405 g/mol. The van der Waals surface area contributed by atoms with Crippen LogP contribution in [0.1, 0.15) is 6.92 Å². The molecule has 11 heteroatoms. The minimum Gasteiger partial charge on any atom is -0.460 e. The van der Waals surface area contributed by atoms with Crippen LogP contribution in [0.25, 0.3) is 10.4 Å². The van der Waals surface area contributed by atoms with E-state index in [-0.39, 0.29) is 13.2 Å². The Morgan fingerprint density at radius 1 is 0.929 bits per heavy atom. The molecule has 0 amide bonds. The average molecular weight is 405 g/mol. The van der Waals surface area contributed by atoms with Crippen LogP contribution >= 0.6 is 0 Å². The van der Waals surface area contributed by atoms with Gasteiger partial charge in [0.25, 0.3) is 0 Å². The quantitative estimate of drug-likeness (QED) is 0.0743. The van der Waals surface area contributed by atoms with Gasteiger partial charge in [-0.05, 0) is 12.5 Å². The molecule has 0 N–H and O–H groups in total. The van der Waals surface area contributed by atoms with Crippen LogP contribution in [0.3, 0.4) is 0 Å². The molecule has 0 aromatic carbocycles. The van der Waals surface area contributed by atoms with Gasteiger partial charge in [0.1, 0.15) is 6.61 Å². The van der Waals surface area contributed by atoms with Crippen molar-refractivity contribution in [2.75, 3.05) is 79.8 Å². The van der Waals surface area contributed by atoms with Crippen LogP contribution in [-0.4, -0.2) is 92.0 Å². The Bertz CT molecular complexity index is 458. The molecule has 11 nitrogen and oxygen atoms in total. The van der Waals surface area contributed by atoms with E-state index < -0.39 is 12.2 Å². The molecule has 28 heavy (non-hydrogen) atoms. The number of rotatable bonds is 20. The summed E-state index contributed by atoms with van der Waals surface area (Å²) < 4.78 is 36.3. The standard InChI is InChI=1S/C17H31N3O8/c1-15(2)17(21)28-13-11-26-9-7-24-5-4-23-6-8-25-10-12-27-16(14-22-3)19-20-18/h16H,1,4-14H2,2-3H3. The molecule has 0 rings (SSSR count). The summed E-state index contributed by atoms with van der Waals surface area (Å²) in [6, 6.07) is 0. The third-order valence-corrected chi connectivity index (χ3v) is 2.95. The maximum atomic E-state index is 11.1. The molecule has 0 fully saturated rings. The first kappa shape index (κ1) is 26.3. The zero-order valence-electron chi connectivity index (χ0n) is 16.7. The largest absolute Gasteiger partial charge is 0.460 e. The summed E-state index contributed by atoms with van der Waals surface area (Å²) in [5.41, 5.74) is 8.73. The number of esters is 1. The molecule has 1 unspecified atom stereocenters. The third-order valence-electron chi connectivity index (χ3n) is 2.95. The highest BCUT2D eigenvalue weighted by Crippen LogP contribution is 1.96. The summed E-state index contributed by atoms with van der Waals surface area (Å²) in [5, 5.41) is 3.44. The lowest BCUT2D eigenvalue weighted by molar-refractivity contribution is -0.140. The van der Waals surface area contributed by atoms with Gasteiger partial charge in [-0.1, -0.05) is 11.7 Å². The number of ether oxygens (including phenoxy) is 7. The van der Waals surface area contributed by atoms with Gasteiger partial charge in [-0.3, -0.25) is 0 Å². The molecule has 0 bridgehead atoms. The summed E-state index contributed by atoms with van der Waals surface area (Å²) in [4.78, 5) is 13.8. The Balaban J connectivity index is 3.24. The van der Waals surface area contributed by atoms with Gasteiger partial charge in [0.15, 0.2) is 6.23 Å². The minimum atomic E-state index is -0.651. The van der Waals surface area contributed by atoms with Crippen LogP contribution in [-0.2, 0) is 38.0 Å². The lowest BCUT2D eigenvalue weighted by Crippen LogP contribution is -2.19. The van der Waals surface area contributed by atoms with E-state index in [9.17, 15) is 4.79 Å². The maximum absolute atomic E-state index is 11.1. The molecule has 0 heterocycles. The van der Waals surface area contributed by atoms with Gasteiger partial charge in [0.05, 0.1) is 66.1 Å². The smallest absolute Gasteiger partial charge is 0.333 e. The molecule has 0 radical (unpaired) electrons. The average Bonchev–Trinajstić information content (AvgIpc) is 2.67. The number of nitrogens with zero attached hydrogens (tertiary/aromatic N) is 3. The summed E-state index contributed by atoms with van der Waals surface area (Å²) in [5.74, 6) is -0.419. The minimum absolute atomic E-state index is 0.193. The van der Waals surface area contributed by atoms with Crippen molar-refractivity contribution >= 4 is 5.97 Å². The lowest BCUT2D eigenvalue weighted by atomic mass is 10.4. The first-order valence-electron chi connectivity index (χ1n) is 8.90. The fourth-order valence-corrected chi connectivity index (χ4v) is 1.64. The van der Waals surface area contributed by atoms with E-state index in [2.05, 4.69) is 16.6 Å².